The summed E-state index contributed by atoms with van der Waals surface area (Å²) >= 11 is 0. The van der Waals surface area contributed by atoms with Crippen molar-refractivity contribution in [3.8, 4) is 0 Å². The molecule has 0 saturated carbocycles. The van der Waals surface area contributed by atoms with Gasteiger partial charge in [-0.1, -0.05) is 90.9 Å². The molecule has 204 valence electrons. The number of ether oxygens (including phenoxy) is 2. The van der Waals surface area contributed by atoms with E-state index in [4.69, 9.17) is 14.0 Å². The first-order chi connectivity index (χ1) is 16.2. The Bertz CT molecular complexity index is 531. The lowest BCUT2D eigenvalue weighted by Gasteiger charge is -2.21. The number of nitrogens with zero attached hydrogens (tertiary/aromatic N) is 1. The van der Waals surface area contributed by atoms with Crippen LogP contribution in [0.15, 0.2) is 0 Å². The van der Waals surface area contributed by atoms with E-state index in [9.17, 15) is 14.3 Å². The molecule has 0 bridgehead atoms. The van der Waals surface area contributed by atoms with Crippen molar-refractivity contribution >= 4 is 13.6 Å². The minimum Gasteiger partial charge on any atom is -0.458 e. The fourth-order valence-corrected chi connectivity index (χ4v) is 5.06. The van der Waals surface area contributed by atoms with E-state index in [-0.39, 0.29) is 19.4 Å². The van der Waals surface area contributed by atoms with Crippen LogP contribution in [0.3, 0.4) is 0 Å². The Morgan fingerprint density at radius 3 is 2.03 bits per heavy atom. The molecule has 0 aromatic rings. The highest BCUT2D eigenvalue weighted by Gasteiger charge is 2.23. The van der Waals surface area contributed by atoms with Crippen LogP contribution in [0.2, 0.25) is 0 Å². The standard InChI is InChI=1S/C26H54NO6P/c1-6-8-9-10-11-12-13-14-15-16-17-25(7-2)18-20-31-22-26(33-24(3)28)23-32-34(29,30)21-19-27(4)5/h25-26H,6-23H2,1-5H3,(H,29,30). The number of carbonyl (C=O) groups excluding carboxylic acids is 1. The lowest BCUT2D eigenvalue weighted by atomic mass is 9.95. The predicted molar refractivity (Wildman–Crippen MR) is 140 cm³/mol. The molecule has 0 aromatic carbocycles. The zero-order valence-electron chi connectivity index (χ0n) is 22.8. The summed E-state index contributed by atoms with van der Waals surface area (Å²) in [6.07, 6.45) is 16.2. The fraction of sp³-hybridized carbons (Fsp3) is 0.962. The quantitative estimate of drug-likeness (QED) is 0.0916. The second-order valence-electron chi connectivity index (χ2n) is 9.80. The Hall–Kier alpha value is -0.460. The van der Waals surface area contributed by atoms with E-state index in [1.807, 2.05) is 19.0 Å². The lowest BCUT2D eigenvalue weighted by molar-refractivity contribution is -0.151. The Balaban J connectivity index is 4.02. The molecule has 0 spiro atoms. The molecular weight excluding hydrogens is 453 g/mol. The molecule has 7 nitrogen and oxygen atoms in total. The van der Waals surface area contributed by atoms with Crippen LogP contribution in [0.1, 0.15) is 104 Å². The van der Waals surface area contributed by atoms with E-state index in [1.54, 1.807) is 0 Å². The van der Waals surface area contributed by atoms with Gasteiger partial charge in [0.15, 0.2) is 0 Å². The van der Waals surface area contributed by atoms with Gasteiger partial charge in [0, 0.05) is 20.1 Å². The van der Waals surface area contributed by atoms with Crippen molar-refractivity contribution in [2.75, 3.05) is 46.6 Å². The minimum absolute atomic E-state index is 0.0325. The third-order valence-electron chi connectivity index (χ3n) is 6.14. The summed E-state index contributed by atoms with van der Waals surface area (Å²) in [5.74, 6) is 0.187. The Kier molecular flexibility index (Phi) is 21.5. The molecule has 0 aromatic heterocycles. The summed E-state index contributed by atoms with van der Waals surface area (Å²) < 4.78 is 28.3. The molecule has 1 N–H and O–H groups in total. The summed E-state index contributed by atoms with van der Waals surface area (Å²) in [6, 6.07) is 0. The molecule has 0 aliphatic heterocycles. The number of hydrogen-bond acceptors (Lipinski definition) is 6. The highest BCUT2D eigenvalue weighted by atomic mass is 31.2. The van der Waals surface area contributed by atoms with Crippen molar-refractivity contribution in [3.63, 3.8) is 0 Å². The molecule has 0 amide bonds. The van der Waals surface area contributed by atoms with Gasteiger partial charge in [0.2, 0.25) is 0 Å². The zero-order chi connectivity index (χ0) is 25.7. The van der Waals surface area contributed by atoms with Crippen molar-refractivity contribution in [2.45, 2.75) is 110 Å². The molecule has 0 saturated heterocycles. The van der Waals surface area contributed by atoms with Crippen LogP contribution >= 0.6 is 7.60 Å². The summed E-state index contributed by atoms with van der Waals surface area (Å²) in [5, 5.41) is 0. The van der Waals surface area contributed by atoms with Gasteiger partial charge in [-0.2, -0.15) is 0 Å². The maximum Gasteiger partial charge on any atom is 0.329 e. The van der Waals surface area contributed by atoms with Gasteiger partial charge in [0.05, 0.1) is 19.4 Å². The molecule has 8 heteroatoms. The van der Waals surface area contributed by atoms with E-state index < -0.39 is 19.7 Å². The SMILES string of the molecule is CCCCCCCCCCCCC(CC)CCOCC(COP(=O)(O)CCN(C)C)OC(C)=O. The zero-order valence-corrected chi connectivity index (χ0v) is 23.7. The van der Waals surface area contributed by atoms with Crippen LogP contribution in [0.5, 0.6) is 0 Å². The van der Waals surface area contributed by atoms with E-state index in [1.165, 1.54) is 77.6 Å². The van der Waals surface area contributed by atoms with Crippen LogP contribution in [-0.2, 0) is 23.4 Å². The third-order valence-corrected chi connectivity index (χ3v) is 7.46. The second-order valence-corrected chi connectivity index (χ2v) is 11.8. The normalized spacial score (nSPS) is 15.3. The van der Waals surface area contributed by atoms with Gasteiger partial charge in [0.1, 0.15) is 6.10 Å². The first-order valence-electron chi connectivity index (χ1n) is 13.6. The van der Waals surface area contributed by atoms with Gasteiger partial charge in [-0.25, -0.2) is 0 Å². The summed E-state index contributed by atoms with van der Waals surface area (Å²) in [5.41, 5.74) is 0. The monoisotopic (exact) mass is 507 g/mol. The smallest absolute Gasteiger partial charge is 0.329 e. The molecule has 0 fully saturated rings. The predicted octanol–water partition coefficient (Wildman–Crippen LogP) is 6.43. The minimum atomic E-state index is -3.72. The molecule has 34 heavy (non-hydrogen) atoms. The molecule has 0 radical (unpaired) electrons. The Morgan fingerprint density at radius 2 is 1.50 bits per heavy atom. The highest BCUT2D eigenvalue weighted by molar-refractivity contribution is 7.52. The Morgan fingerprint density at radius 1 is 0.912 bits per heavy atom. The molecule has 0 aliphatic rings. The second kappa shape index (κ2) is 21.8. The summed E-state index contributed by atoms with van der Waals surface area (Å²) in [7, 11) is -0.0639. The van der Waals surface area contributed by atoms with E-state index in [2.05, 4.69) is 13.8 Å². The maximum absolute atomic E-state index is 12.1. The van der Waals surface area contributed by atoms with Crippen molar-refractivity contribution in [1.29, 1.82) is 0 Å². The van der Waals surface area contributed by atoms with E-state index in [0.717, 1.165) is 12.8 Å². The van der Waals surface area contributed by atoms with Gasteiger partial charge in [0.25, 0.3) is 0 Å². The average Bonchev–Trinajstić information content (AvgIpc) is 2.78. The largest absolute Gasteiger partial charge is 0.458 e. The molecule has 3 atom stereocenters. The van der Waals surface area contributed by atoms with Crippen LogP contribution in [-0.4, -0.2) is 68.5 Å². The van der Waals surface area contributed by atoms with Gasteiger partial charge in [-0.05, 0) is 26.4 Å². The number of rotatable bonds is 24. The topological polar surface area (TPSA) is 85.3 Å². The number of unbranched alkanes of at least 4 members (excludes halogenated alkanes) is 9. The maximum atomic E-state index is 12.1. The van der Waals surface area contributed by atoms with E-state index >= 15 is 0 Å². The van der Waals surface area contributed by atoms with Crippen molar-refractivity contribution in [2.24, 2.45) is 5.92 Å². The molecule has 0 aliphatic carbocycles. The molecule has 3 unspecified atom stereocenters. The van der Waals surface area contributed by atoms with Crippen LogP contribution in [0.25, 0.3) is 0 Å². The van der Waals surface area contributed by atoms with Crippen LogP contribution in [0, 0.1) is 5.92 Å². The molecular formula is C26H54NO6P. The lowest BCUT2D eigenvalue weighted by Crippen LogP contribution is -2.28. The molecule has 0 rings (SSSR count). The van der Waals surface area contributed by atoms with Gasteiger partial charge < -0.3 is 23.8 Å². The highest BCUT2D eigenvalue weighted by Crippen LogP contribution is 2.41. The Labute approximate surface area is 209 Å². The number of esters is 1. The first kappa shape index (κ1) is 33.5. The van der Waals surface area contributed by atoms with Crippen LogP contribution < -0.4 is 0 Å². The van der Waals surface area contributed by atoms with Gasteiger partial charge in [-0.15, -0.1) is 0 Å². The van der Waals surface area contributed by atoms with Crippen LogP contribution in [0.4, 0.5) is 0 Å². The van der Waals surface area contributed by atoms with E-state index in [0.29, 0.717) is 19.1 Å². The summed E-state index contributed by atoms with van der Waals surface area (Å²) in [6.45, 7) is 6.86. The molecule has 0 heterocycles. The van der Waals surface area contributed by atoms with Gasteiger partial charge >= 0.3 is 13.6 Å². The number of carbonyl (C=O) groups is 1. The first-order valence-corrected chi connectivity index (χ1v) is 15.3. The average molecular weight is 508 g/mol. The van der Waals surface area contributed by atoms with Crippen molar-refractivity contribution in [3.05, 3.63) is 0 Å². The third kappa shape index (κ3) is 22.0. The fourth-order valence-electron chi connectivity index (χ4n) is 3.88. The van der Waals surface area contributed by atoms with Gasteiger partial charge in [-0.3, -0.25) is 9.36 Å². The van der Waals surface area contributed by atoms with Crippen molar-refractivity contribution < 1.29 is 28.3 Å². The summed E-state index contributed by atoms with van der Waals surface area (Å²) in [4.78, 5) is 23.1. The number of hydrogen-bond donors (Lipinski definition) is 1. The van der Waals surface area contributed by atoms with Crippen molar-refractivity contribution in [1.82, 2.24) is 4.90 Å².